The van der Waals surface area contributed by atoms with Crippen LogP contribution < -0.4 is 0 Å². The molecule has 0 aliphatic carbocycles. The molecule has 0 amide bonds. The second-order valence-electron chi connectivity index (χ2n) is 3.97. The topological polar surface area (TPSA) is 0 Å². The molecule has 0 spiro atoms. The number of rotatable bonds is 3. The van der Waals surface area contributed by atoms with Gasteiger partial charge in [0.2, 0.25) is 0 Å². The van der Waals surface area contributed by atoms with E-state index in [1.165, 1.54) is 5.56 Å². The molecule has 0 unspecified atom stereocenters. The van der Waals surface area contributed by atoms with Gasteiger partial charge < -0.3 is 0 Å². The molecule has 0 saturated heterocycles. The molecule has 0 aromatic heterocycles. The number of allylic oxidation sites excluding steroid dienone is 4. The fourth-order valence-corrected chi connectivity index (χ4v) is 1.37. The average Bonchev–Trinajstić information content (AvgIpc) is 2.19. The Kier molecular flexibility index (Phi) is 3.70. The van der Waals surface area contributed by atoms with Crippen LogP contribution in [0.2, 0.25) is 0 Å². The Bertz CT molecular complexity index is 315. The van der Waals surface area contributed by atoms with Crippen LogP contribution in [-0.2, 0) is 5.41 Å². The highest BCUT2D eigenvalue weighted by Gasteiger charge is 2.15. The minimum Gasteiger partial charge on any atom is -0.0877 e. The van der Waals surface area contributed by atoms with Gasteiger partial charge in [-0.2, -0.15) is 0 Å². The van der Waals surface area contributed by atoms with E-state index in [-0.39, 0.29) is 5.41 Å². The van der Waals surface area contributed by atoms with Crippen LogP contribution in [0.3, 0.4) is 0 Å². The lowest BCUT2D eigenvalue weighted by atomic mass is 9.84. The number of hydrogen-bond acceptors (Lipinski definition) is 0. The molecule has 1 aromatic carbocycles. The van der Waals surface area contributed by atoms with Gasteiger partial charge in [0.15, 0.2) is 0 Å². The van der Waals surface area contributed by atoms with Crippen molar-refractivity contribution in [2.75, 3.05) is 0 Å². The molecular formula is C14H18. The molecule has 0 nitrogen and oxygen atoms in total. The molecule has 0 saturated carbocycles. The number of benzene rings is 1. The highest BCUT2D eigenvalue weighted by molar-refractivity contribution is 5.29. The van der Waals surface area contributed by atoms with Crippen molar-refractivity contribution < 1.29 is 0 Å². The summed E-state index contributed by atoms with van der Waals surface area (Å²) in [4.78, 5) is 0. The van der Waals surface area contributed by atoms with Gasteiger partial charge in [-0.25, -0.2) is 0 Å². The fourth-order valence-electron chi connectivity index (χ4n) is 1.37. The zero-order chi connectivity index (χ0) is 10.4. The first-order valence-electron chi connectivity index (χ1n) is 5.03. The summed E-state index contributed by atoms with van der Waals surface area (Å²) < 4.78 is 0. The lowest BCUT2D eigenvalue weighted by Crippen LogP contribution is -2.12. The molecule has 0 heterocycles. The van der Waals surface area contributed by atoms with Crippen LogP contribution in [0.5, 0.6) is 0 Å². The molecular weight excluding hydrogens is 168 g/mol. The minimum absolute atomic E-state index is 0.112. The summed E-state index contributed by atoms with van der Waals surface area (Å²) in [6.07, 6.45) is 8.43. The zero-order valence-electron chi connectivity index (χ0n) is 9.20. The third-order valence-corrected chi connectivity index (χ3v) is 2.33. The lowest BCUT2D eigenvalue weighted by Gasteiger charge is -2.20. The maximum Gasteiger partial charge on any atom is 0.00784 e. The van der Waals surface area contributed by atoms with Crippen molar-refractivity contribution in [2.24, 2.45) is 0 Å². The molecule has 0 N–H and O–H groups in total. The summed E-state index contributed by atoms with van der Waals surface area (Å²) >= 11 is 0. The molecule has 0 fully saturated rings. The Morgan fingerprint density at radius 3 is 2.21 bits per heavy atom. The van der Waals surface area contributed by atoms with Crippen molar-refractivity contribution in [3.63, 3.8) is 0 Å². The van der Waals surface area contributed by atoms with Gasteiger partial charge in [0, 0.05) is 5.41 Å². The monoisotopic (exact) mass is 186 g/mol. The van der Waals surface area contributed by atoms with Gasteiger partial charge >= 0.3 is 0 Å². The van der Waals surface area contributed by atoms with Crippen molar-refractivity contribution >= 4 is 0 Å². The molecule has 0 aliphatic rings. The van der Waals surface area contributed by atoms with Gasteiger partial charge in [-0.3, -0.25) is 0 Å². The van der Waals surface area contributed by atoms with Gasteiger partial charge in [-0.15, -0.1) is 0 Å². The Morgan fingerprint density at radius 1 is 1.00 bits per heavy atom. The molecule has 1 rings (SSSR count). The zero-order valence-corrected chi connectivity index (χ0v) is 9.20. The Morgan fingerprint density at radius 2 is 1.64 bits per heavy atom. The van der Waals surface area contributed by atoms with Crippen LogP contribution in [0.4, 0.5) is 0 Å². The minimum atomic E-state index is 0.112. The van der Waals surface area contributed by atoms with Crippen molar-refractivity contribution in [3.05, 3.63) is 60.2 Å². The molecule has 1 aromatic rings. The smallest absolute Gasteiger partial charge is 0.00784 e. The first-order valence-corrected chi connectivity index (χ1v) is 5.03. The lowest BCUT2D eigenvalue weighted by molar-refractivity contribution is 0.670. The van der Waals surface area contributed by atoms with Crippen molar-refractivity contribution in [3.8, 4) is 0 Å². The van der Waals surface area contributed by atoms with E-state index in [9.17, 15) is 0 Å². The van der Waals surface area contributed by atoms with Gasteiger partial charge in [0.05, 0.1) is 0 Å². The predicted octanol–water partition coefficient (Wildman–Crippen LogP) is 4.10. The van der Waals surface area contributed by atoms with E-state index in [1.807, 2.05) is 13.0 Å². The molecule has 0 atom stereocenters. The first kappa shape index (κ1) is 10.8. The second-order valence-corrected chi connectivity index (χ2v) is 3.97. The predicted molar refractivity (Wildman–Crippen MR) is 63.4 cm³/mol. The van der Waals surface area contributed by atoms with Gasteiger partial charge in [0.1, 0.15) is 0 Å². The first-order chi connectivity index (χ1) is 6.67. The third-order valence-electron chi connectivity index (χ3n) is 2.33. The van der Waals surface area contributed by atoms with E-state index in [1.54, 1.807) is 0 Å². The van der Waals surface area contributed by atoms with Crippen molar-refractivity contribution in [2.45, 2.75) is 26.2 Å². The summed E-state index contributed by atoms with van der Waals surface area (Å²) in [7, 11) is 0. The van der Waals surface area contributed by atoms with Crippen LogP contribution in [0.15, 0.2) is 54.6 Å². The maximum atomic E-state index is 2.22. The normalized spacial score (nSPS) is 12.8. The Labute approximate surface area is 87.0 Å². The largest absolute Gasteiger partial charge is 0.0877 e. The van der Waals surface area contributed by atoms with Crippen LogP contribution in [0, 0.1) is 0 Å². The van der Waals surface area contributed by atoms with E-state index in [0.717, 1.165) is 0 Å². The summed E-state index contributed by atoms with van der Waals surface area (Å²) in [5.74, 6) is 0. The molecule has 14 heavy (non-hydrogen) atoms. The van der Waals surface area contributed by atoms with Crippen LogP contribution in [0.25, 0.3) is 0 Å². The molecule has 0 bridgehead atoms. The van der Waals surface area contributed by atoms with E-state index < -0.39 is 0 Å². The standard InChI is InChI=1S/C14H18/c1-4-5-9-12-14(2,3)13-10-7-6-8-11-13/h4-12H,1-3H3/b5-4-,12-9-. The third kappa shape index (κ3) is 2.88. The molecule has 74 valence electrons. The quantitative estimate of drug-likeness (QED) is 0.623. The van der Waals surface area contributed by atoms with Crippen molar-refractivity contribution in [1.82, 2.24) is 0 Å². The van der Waals surface area contributed by atoms with Gasteiger partial charge in [-0.05, 0) is 12.5 Å². The van der Waals surface area contributed by atoms with Crippen LogP contribution in [0.1, 0.15) is 26.3 Å². The Hall–Kier alpha value is -1.30. The van der Waals surface area contributed by atoms with Crippen molar-refractivity contribution in [1.29, 1.82) is 0 Å². The van der Waals surface area contributed by atoms with Gasteiger partial charge in [0.25, 0.3) is 0 Å². The van der Waals surface area contributed by atoms with Crippen LogP contribution >= 0.6 is 0 Å². The SMILES string of the molecule is C/C=C\C=C/C(C)(C)c1ccccc1. The van der Waals surface area contributed by atoms with E-state index in [2.05, 4.69) is 62.4 Å². The second kappa shape index (κ2) is 4.80. The molecule has 0 aliphatic heterocycles. The molecule has 0 heteroatoms. The van der Waals surface area contributed by atoms with Gasteiger partial charge in [-0.1, -0.05) is 68.5 Å². The van der Waals surface area contributed by atoms with Crippen LogP contribution in [-0.4, -0.2) is 0 Å². The van der Waals surface area contributed by atoms with E-state index in [4.69, 9.17) is 0 Å². The average molecular weight is 186 g/mol. The van der Waals surface area contributed by atoms with E-state index in [0.29, 0.717) is 0 Å². The van der Waals surface area contributed by atoms with E-state index >= 15 is 0 Å². The maximum absolute atomic E-state index is 2.22. The summed E-state index contributed by atoms with van der Waals surface area (Å²) in [5, 5.41) is 0. The highest BCUT2D eigenvalue weighted by atomic mass is 14.2. The fraction of sp³-hybridized carbons (Fsp3) is 0.286. The molecule has 0 radical (unpaired) electrons. The number of hydrogen-bond donors (Lipinski definition) is 0. The summed E-state index contributed by atoms with van der Waals surface area (Å²) in [5.41, 5.74) is 1.46. The Balaban J connectivity index is 2.85. The summed E-state index contributed by atoms with van der Waals surface area (Å²) in [6, 6.07) is 10.6. The summed E-state index contributed by atoms with van der Waals surface area (Å²) in [6.45, 7) is 6.48. The highest BCUT2D eigenvalue weighted by Crippen LogP contribution is 2.24.